The topological polar surface area (TPSA) is 65.4 Å². The molecule has 6 nitrogen and oxygen atoms in total. The average molecular weight is 370 g/mol. The first-order chi connectivity index (χ1) is 12.7. The van der Waals surface area contributed by atoms with Gasteiger partial charge < -0.3 is 14.8 Å². The number of carbonyl (C=O) groups excluding carboxylic acids is 1. The van der Waals surface area contributed by atoms with Crippen molar-refractivity contribution in [3.63, 3.8) is 0 Å². The molecule has 26 heavy (non-hydrogen) atoms. The summed E-state index contributed by atoms with van der Waals surface area (Å²) in [5, 5.41) is 7.65. The van der Waals surface area contributed by atoms with Crippen molar-refractivity contribution in [2.75, 3.05) is 6.79 Å². The molecule has 1 aliphatic heterocycles. The van der Waals surface area contributed by atoms with E-state index in [1.54, 1.807) is 29.2 Å². The van der Waals surface area contributed by atoms with E-state index in [-0.39, 0.29) is 12.7 Å². The minimum absolute atomic E-state index is 0.128. The molecule has 3 aromatic rings. The predicted octanol–water partition coefficient (Wildman–Crippen LogP) is 3.24. The normalized spacial score (nSPS) is 12.2. The predicted molar refractivity (Wildman–Crippen MR) is 96.5 cm³/mol. The first-order valence-electron chi connectivity index (χ1n) is 8.11. The van der Waals surface area contributed by atoms with E-state index in [0.29, 0.717) is 29.4 Å². The van der Waals surface area contributed by atoms with Crippen molar-refractivity contribution in [1.82, 2.24) is 15.1 Å². The van der Waals surface area contributed by atoms with E-state index in [1.807, 2.05) is 30.3 Å². The highest BCUT2D eigenvalue weighted by atomic mass is 35.5. The summed E-state index contributed by atoms with van der Waals surface area (Å²) in [5.41, 5.74) is 2.60. The van der Waals surface area contributed by atoms with Gasteiger partial charge in [-0.2, -0.15) is 5.10 Å². The smallest absolute Gasteiger partial charge is 0.251 e. The first kappa shape index (κ1) is 16.5. The van der Waals surface area contributed by atoms with Crippen LogP contribution in [0.4, 0.5) is 0 Å². The molecule has 0 radical (unpaired) electrons. The summed E-state index contributed by atoms with van der Waals surface area (Å²) in [6, 6.07) is 13.0. The number of amides is 1. The summed E-state index contributed by atoms with van der Waals surface area (Å²) in [5.74, 6) is 1.31. The fourth-order valence-corrected chi connectivity index (χ4v) is 2.87. The van der Waals surface area contributed by atoms with Gasteiger partial charge in [-0.3, -0.25) is 9.48 Å². The van der Waals surface area contributed by atoms with Crippen LogP contribution in [0.1, 0.15) is 21.5 Å². The van der Waals surface area contributed by atoms with E-state index in [1.165, 1.54) is 0 Å². The highest BCUT2D eigenvalue weighted by Crippen LogP contribution is 2.32. The zero-order valence-corrected chi connectivity index (χ0v) is 14.6. The van der Waals surface area contributed by atoms with E-state index in [9.17, 15) is 4.79 Å². The minimum atomic E-state index is -0.128. The van der Waals surface area contributed by atoms with Gasteiger partial charge in [0.15, 0.2) is 11.5 Å². The number of halogens is 1. The largest absolute Gasteiger partial charge is 0.454 e. The molecule has 0 unspecified atom stereocenters. The van der Waals surface area contributed by atoms with Gasteiger partial charge in [0.05, 0.1) is 17.8 Å². The van der Waals surface area contributed by atoms with E-state index in [4.69, 9.17) is 21.1 Å². The molecule has 0 spiro atoms. The molecular weight excluding hydrogens is 354 g/mol. The second-order valence-corrected chi connectivity index (χ2v) is 6.36. The molecule has 0 bridgehead atoms. The summed E-state index contributed by atoms with van der Waals surface area (Å²) in [4.78, 5) is 12.3. The zero-order chi connectivity index (χ0) is 17.9. The minimum Gasteiger partial charge on any atom is -0.454 e. The van der Waals surface area contributed by atoms with Crippen molar-refractivity contribution in [3.8, 4) is 11.5 Å². The van der Waals surface area contributed by atoms with Crippen molar-refractivity contribution >= 4 is 17.5 Å². The van der Waals surface area contributed by atoms with Crippen LogP contribution in [0.5, 0.6) is 11.5 Å². The third-order valence-electron chi connectivity index (χ3n) is 4.05. The number of ether oxygens (including phenoxy) is 2. The summed E-state index contributed by atoms with van der Waals surface area (Å²) < 4.78 is 12.4. The Balaban J connectivity index is 1.35. The molecule has 2 heterocycles. The number of hydrogen-bond donors (Lipinski definition) is 1. The molecule has 0 atom stereocenters. The molecule has 1 aliphatic rings. The number of nitrogens with zero attached hydrogens (tertiary/aromatic N) is 2. The Morgan fingerprint density at radius 3 is 2.65 bits per heavy atom. The fourth-order valence-electron chi connectivity index (χ4n) is 2.71. The lowest BCUT2D eigenvalue weighted by Crippen LogP contribution is -2.22. The summed E-state index contributed by atoms with van der Waals surface area (Å²) in [6.45, 7) is 1.26. The van der Waals surface area contributed by atoms with Gasteiger partial charge in [0, 0.05) is 18.3 Å². The number of carbonyl (C=O) groups is 1. The lowest BCUT2D eigenvalue weighted by molar-refractivity contribution is 0.0951. The monoisotopic (exact) mass is 369 g/mol. The second kappa shape index (κ2) is 7.09. The lowest BCUT2D eigenvalue weighted by atomic mass is 10.1. The Hall–Kier alpha value is -2.99. The molecule has 4 rings (SSSR count). The van der Waals surface area contributed by atoms with E-state index in [0.717, 1.165) is 16.9 Å². The van der Waals surface area contributed by atoms with Crippen LogP contribution in [-0.4, -0.2) is 22.5 Å². The van der Waals surface area contributed by atoms with Gasteiger partial charge in [-0.15, -0.1) is 0 Å². The summed E-state index contributed by atoms with van der Waals surface area (Å²) >= 11 is 5.86. The van der Waals surface area contributed by atoms with Crippen LogP contribution < -0.4 is 14.8 Å². The summed E-state index contributed by atoms with van der Waals surface area (Å²) in [7, 11) is 0. The molecule has 0 saturated heterocycles. The molecule has 2 aromatic carbocycles. The van der Waals surface area contributed by atoms with Crippen LogP contribution in [0, 0.1) is 0 Å². The van der Waals surface area contributed by atoms with Crippen molar-refractivity contribution in [1.29, 1.82) is 0 Å². The van der Waals surface area contributed by atoms with Crippen molar-refractivity contribution in [2.24, 2.45) is 0 Å². The quantitative estimate of drug-likeness (QED) is 0.749. The molecule has 0 fully saturated rings. The van der Waals surface area contributed by atoms with Gasteiger partial charge >= 0.3 is 0 Å². The molecule has 1 N–H and O–H groups in total. The maximum absolute atomic E-state index is 12.3. The summed E-state index contributed by atoms with van der Waals surface area (Å²) in [6.07, 6.45) is 3.35. The van der Waals surface area contributed by atoms with Gasteiger partial charge in [-0.05, 0) is 35.4 Å². The van der Waals surface area contributed by atoms with Gasteiger partial charge in [0.2, 0.25) is 6.79 Å². The zero-order valence-electron chi connectivity index (χ0n) is 13.8. The van der Waals surface area contributed by atoms with Crippen LogP contribution in [0.15, 0.2) is 54.9 Å². The maximum Gasteiger partial charge on any atom is 0.251 e. The Labute approximate surface area is 155 Å². The molecular formula is C19H16ClN3O3. The fraction of sp³-hybridized carbons (Fsp3) is 0.158. The van der Waals surface area contributed by atoms with Crippen LogP contribution in [0.25, 0.3) is 0 Å². The molecule has 1 amide bonds. The maximum atomic E-state index is 12.3. The van der Waals surface area contributed by atoms with Crippen LogP contribution in [0.3, 0.4) is 0 Å². The van der Waals surface area contributed by atoms with E-state index >= 15 is 0 Å². The first-order valence-corrected chi connectivity index (χ1v) is 8.49. The molecule has 1 aromatic heterocycles. The SMILES string of the molecule is O=C(NCc1ccc2c(c1)OCO2)c1ccc(Cn2cc(Cl)cn2)cc1. The Morgan fingerprint density at radius 1 is 1.12 bits per heavy atom. The highest BCUT2D eigenvalue weighted by Gasteiger charge is 2.13. The Kier molecular flexibility index (Phi) is 4.50. The highest BCUT2D eigenvalue weighted by molar-refractivity contribution is 6.30. The number of aromatic nitrogens is 2. The van der Waals surface area contributed by atoms with Crippen molar-refractivity contribution < 1.29 is 14.3 Å². The molecule has 7 heteroatoms. The molecule has 132 valence electrons. The number of fused-ring (bicyclic) bond motifs is 1. The van der Waals surface area contributed by atoms with Gasteiger partial charge in [-0.25, -0.2) is 0 Å². The number of hydrogen-bond acceptors (Lipinski definition) is 4. The number of rotatable bonds is 5. The lowest BCUT2D eigenvalue weighted by Gasteiger charge is -2.07. The van der Waals surface area contributed by atoms with Crippen molar-refractivity contribution in [2.45, 2.75) is 13.1 Å². The Bertz CT molecular complexity index is 937. The molecule has 0 saturated carbocycles. The number of nitrogens with one attached hydrogen (secondary N) is 1. The average Bonchev–Trinajstić information content (AvgIpc) is 3.28. The molecule has 0 aliphatic carbocycles. The number of benzene rings is 2. The standard InChI is InChI=1S/C19H16ClN3O3/c20-16-9-22-23(11-16)10-13-1-4-15(5-2-13)19(24)21-8-14-3-6-17-18(7-14)26-12-25-17/h1-7,9,11H,8,10,12H2,(H,21,24). The third-order valence-corrected chi connectivity index (χ3v) is 4.25. The van der Waals surface area contributed by atoms with Crippen LogP contribution in [-0.2, 0) is 13.1 Å². The van der Waals surface area contributed by atoms with Gasteiger partial charge in [0.1, 0.15) is 0 Å². The van der Waals surface area contributed by atoms with Crippen LogP contribution in [0.2, 0.25) is 5.02 Å². The Morgan fingerprint density at radius 2 is 1.88 bits per heavy atom. The van der Waals surface area contributed by atoms with Crippen LogP contribution >= 0.6 is 11.6 Å². The van der Waals surface area contributed by atoms with E-state index in [2.05, 4.69) is 10.4 Å². The van der Waals surface area contributed by atoms with E-state index < -0.39 is 0 Å². The third kappa shape index (κ3) is 3.65. The van der Waals surface area contributed by atoms with Crippen molar-refractivity contribution in [3.05, 3.63) is 76.6 Å². The van der Waals surface area contributed by atoms with Gasteiger partial charge in [-0.1, -0.05) is 29.8 Å². The second-order valence-electron chi connectivity index (χ2n) is 5.92. The van der Waals surface area contributed by atoms with Gasteiger partial charge in [0.25, 0.3) is 5.91 Å².